The van der Waals surface area contributed by atoms with Crippen molar-refractivity contribution in [2.75, 3.05) is 6.61 Å². The highest BCUT2D eigenvalue weighted by Gasteiger charge is 2.32. The summed E-state index contributed by atoms with van der Waals surface area (Å²) in [6.45, 7) is 9.91. The smallest absolute Gasteiger partial charge is 0.322 e. The van der Waals surface area contributed by atoms with Crippen molar-refractivity contribution in [2.45, 2.75) is 50.4 Å². The number of hydrogen-bond acceptors (Lipinski definition) is 6. The van der Waals surface area contributed by atoms with Gasteiger partial charge in [-0.15, -0.1) is 11.3 Å². The summed E-state index contributed by atoms with van der Waals surface area (Å²) in [7, 11) is 0. The van der Waals surface area contributed by atoms with E-state index in [9.17, 15) is 9.59 Å². The fraction of sp³-hybridized carbons (Fsp3) is 0.381. The van der Waals surface area contributed by atoms with Gasteiger partial charge in [-0.1, -0.05) is 49.9 Å². The van der Waals surface area contributed by atoms with Crippen LogP contribution in [0, 0.1) is 0 Å². The third kappa shape index (κ3) is 4.15. The number of thiophene rings is 1. The van der Waals surface area contributed by atoms with Gasteiger partial charge in [-0.2, -0.15) is 0 Å². The van der Waals surface area contributed by atoms with Crippen LogP contribution in [-0.4, -0.2) is 27.3 Å². The molecule has 0 radical (unpaired) electrons. The van der Waals surface area contributed by atoms with Crippen LogP contribution >= 0.6 is 23.1 Å². The van der Waals surface area contributed by atoms with Crippen molar-refractivity contribution in [1.29, 1.82) is 0 Å². The van der Waals surface area contributed by atoms with E-state index in [0.29, 0.717) is 27.9 Å². The lowest BCUT2D eigenvalue weighted by atomic mass is 9.99. The minimum Gasteiger partial charge on any atom is -0.465 e. The number of H-pyrrole nitrogens is 1. The number of aromatic nitrogens is 2. The lowest BCUT2D eigenvalue weighted by molar-refractivity contribution is -0.145. The summed E-state index contributed by atoms with van der Waals surface area (Å²) in [5.74, 6) is 0.125. The third-order valence-corrected chi connectivity index (χ3v) is 6.37. The zero-order chi connectivity index (χ0) is 20.5. The second kappa shape index (κ2) is 8.09. The first kappa shape index (κ1) is 20.6. The van der Waals surface area contributed by atoms with E-state index in [0.717, 1.165) is 11.1 Å². The number of benzene rings is 1. The SMILES string of the molecule is CCOC(=O)C(C)(C)Sc1nc2scc(-c3ccc(C(C)C)cc3)c2c(=O)[nH]1. The molecule has 0 fully saturated rings. The average molecular weight is 417 g/mol. The molecule has 0 bridgehead atoms. The highest BCUT2D eigenvalue weighted by Crippen LogP contribution is 2.35. The topological polar surface area (TPSA) is 72.0 Å². The number of fused-ring (bicyclic) bond motifs is 1. The Bertz CT molecular complexity index is 1050. The highest BCUT2D eigenvalue weighted by molar-refractivity contribution is 8.01. The summed E-state index contributed by atoms with van der Waals surface area (Å²) < 4.78 is 4.27. The molecule has 0 amide bonds. The minimum absolute atomic E-state index is 0.198. The van der Waals surface area contributed by atoms with Gasteiger partial charge in [0.2, 0.25) is 0 Å². The lowest BCUT2D eigenvalue weighted by Gasteiger charge is -2.20. The largest absolute Gasteiger partial charge is 0.465 e. The predicted molar refractivity (Wildman–Crippen MR) is 116 cm³/mol. The van der Waals surface area contributed by atoms with Gasteiger partial charge >= 0.3 is 5.97 Å². The summed E-state index contributed by atoms with van der Waals surface area (Å²) >= 11 is 2.63. The normalized spacial score (nSPS) is 11.9. The van der Waals surface area contributed by atoms with Crippen molar-refractivity contribution in [3.8, 4) is 11.1 Å². The van der Waals surface area contributed by atoms with Gasteiger partial charge in [0.05, 0.1) is 12.0 Å². The summed E-state index contributed by atoms with van der Waals surface area (Å²) in [5, 5.41) is 2.96. The Balaban J connectivity index is 1.96. The van der Waals surface area contributed by atoms with Crippen molar-refractivity contribution in [1.82, 2.24) is 9.97 Å². The Labute approximate surface area is 172 Å². The van der Waals surface area contributed by atoms with Crippen LogP contribution in [0.4, 0.5) is 0 Å². The van der Waals surface area contributed by atoms with Gasteiger partial charge in [0.15, 0.2) is 5.16 Å². The molecule has 3 aromatic rings. The molecule has 0 saturated heterocycles. The van der Waals surface area contributed by atoms with Crippen LogP contribution in [0.25, 0.3) is 21.3 Å². The molecule has 2 heterocycles. The van der Waals surface area contributed by atoms with E-state index in [4.69, 9.17) is 4.74 Å². The van der Waals surface area contributed by atoms with Gasteiger partial charge in [0.1, 0.15) is 9.58 Å². The van der Waals surface area contributed by atoms with Crippen LogP contribution in [0.5, 0.6) is 0 Å². The summed E-state index contributed by atoms with van der Waals surface area (Å²) in [5.41, 5.74) is 2.94. The number of carbonyl (C=O) groups excluding carboxylic acids is 1. The van der Waals surface area contributed by atoms with E-state index in [2.05, 4.69) is 35.9 Å². The molecule has 3 rings (SSSR count). The maximum Gasteiger partial charge on any atom is 0.322 e. The first-order valence-electron chi connectivity index (χ1n) is 9.21. The molecule has 0 atom stereocenters. The molecular weight excluding hydrogens is 392 g/mol. The van der Waals surface area contributed by atoms with Crippen LogP contribution in [0.3, 0.4) is 0 Å². The van der Waals surface area contributed by atoms with Crippen LogP contribution in [0.2, 0.25) is 0 Å². The Morgan fingerprint density at radius 2 is 1.96 bits per heavy atom. The molecule has 2 aromatic heterocycles. The van der Waals surface area contributed by atoms with Gasteiger partial charge in [-0.25, -0.2) is 4.98 Å². The van der Waals surface area contributed by atoms with Crippen LogP contribution in [-0.2, 0) is 9.53 Å². The molecule has 0 saturated carbocycles. The number of hydrogen-bond donors (Lipinski definition) is 1. The van der Waals surface area contributed by atoms with Gasteiger partial charge in [-0.05, 0) is 37.8 Å². The van der Waals surface area contributed by atoms with E-state index >= 15 is 0 Å². The number of carbonyl (C=O) groups is 1. The maximum absolute atomic E-state index is 12.8. The molecule has 28 heavy (non-hydrogen) atoms. The fourth-order valence-electron chi connectivity index (χ4n) is 2.83. The van der Waals surface area contributed by atoms with Gasteiger partial charge < -0.3 is 9.72 Å². The Morgan fingerprint density at radius 3 is 2.57 bits per heavy atom. The number of ether oxygens (including phenoxy) is 1. The molecule has 1 N–H and O–H groups in total. The first-order chi connectivity index (χ1) is 13.2. The summed E-state index contributed by atoms with van der Waals surface area (Å²) in [4.78, 5) is 33.0. The Kier molecular flexibility index (Phi) is 5.95. The molecule has 7 heteroatoms. The molecule has 0 unspecified atom stereocenters. The monoisotopic (exact) mass is 416 g/mol. The molecule has 0 aliphatic carbocycles. The van der Waals surface area contributed by atoms with Crippen molar-refractivity contribution in [3.05, 3.63) is 45.6 Å². The number of thioether (sulfide) groups is 1. The zero-order valence-corrected chi connectivity index (χ0v) is 18.3. The number of aromatic amines is 1. The number of rotatable bonds is 6. The summed E-state index contributed by atoms with van der Waals surface area (Å²) in [6, 6.07) is 8.28. The third-order valence-electron chi connectivity index (χ3n) is 4.43. The zero-order valence-electron chi connectivity index (χ0n) is 16.7. The Hall–Kier alpha value is -2.12. The quantitative estimate of drug-likeness (QED) is 0.339. The van der Waals surface area contributed by atoms with Gasteiger partial charge in [-0.3, -0.25) is 9.59 Å². The van der Waals surface area contributed by atoms with E-state index in [1.807, 2.05) is 17.5 Å². The van der Waals surface area contributed by atoms with Crippen molar-refractivity contribution < 1.29 is 9.53 Å². The lowest BCUT2D eigenvalue weighted by Crippen LogP contribution is -2.30. The van der Waals surface area contributed by atoms with E-state index in [1.54, 1.807) is 20.8 Å². The first-order valence-corrected chi connectivity index (χ1v) is 10.9. The number of nitrogens with one attached hydrogen (secondary N) is 1. The van der Waals surface area contributed by atoms with Crippen molar-refractivity contribution in [3.63, 3.8) is 0 Å². The number of esters is 1. The van der Waals surface area contributed by atoms with Gasteiger partial charge in [0.25, 0.3) is 5.56 Å². The minimum atomic E-state index is -0.841. The average Bonchev–Trinajstić information content (AvgIpc) is 3.06. The van der Waals surface area contributed by atoms with E-state index < -0.39 is 4.75 Å². The fourth-order valence-corrected chi connectivity index (χ4v) is 4.74. The van der Waals surface area contributed by atoms with Crippen LogP contribution < -0.4 is 5.56 Å². The van der Waals surface area contributed by atoms with Crippen LogP contribution in [0.15, 0.2) is 39.6 Å². The van der Waals surface area contributed by atoms with Crippen LogP contribution in [0.1, 0.15) is 46.1 Å². The molecule has 0 aliphatic rings. The molecule has 1 aromatic carbocycles. The van der Waals surface area contributed by atoms with E-state index in [-0.39, 0.29) is 11.5 Å². The number of nitrogens with zero attached hydrogens (tertiary/aromatic N) is 1. The molecule has 0 spiro atoms. The Morgan fingerprint density at radius 1 is 1.29 bits per heavy atom. The van der Waals surface area contributed by atoms with E-state index in [1.165, 1.54) is 28.7 Å². The molecule has 0 aliphatic heterocycles. The molecule has 148 valence electrons. The standard InChI is InChI=1S/C21H24N2O3S2/c1-6-26-19(25)21(4,5)28-20-22-17(24)16-15(11-27-18(16)23-20)14-9-7-13(8-10-14)12(2)3/h7-12H,6H2,1-5H3,(H,22,23,24). The van der Waals surface area contributed by atoms with Gasteiger partial charge in [0, 0.05) is 10.9 Å². The van der Waals surface area contributed by atoms with Crippen molar-refractivity contribution >= 4 is 39.3 Å². The second-order valence-electron chi connectivity index (χ2n) is 7.31. The second-order valence-corrected chi connectivity index (χ2v) is 9.78. The predicted octanol–water partition coefficient (Wildman–Crippen LogP) is 5.21. The van der Waals surface area contributed by atoms with Crippen molar-refractivity contribution in [2.24, 2.45) is 0 Å². The molecule has 5 nitrogen and oxygen atoms in total. The molecular formula is C21H24N2O3S2. The maximum atomic E-state index is 12.8. The highest BCUT2D eigenvalue weighted by atomic mass is 32.2. The summed E-state index contributed by atoms with van der Waals surface area (Å²) in [6.07, 6.45) is 0.